The Morgan fingerprint density at radius 2 is 1.65 bits per heavy atom. The molecule has 3 N–H and O–H groups in total. The summed E-state index contributed by atoms with van der Waals surface area (Å²) in [4.78, 5) is 11.0. The Hall–Kier alpha value is -2.29. The highest BCUT2D eigenvalue weighted by molar-refractivity contribution is 5.91. The molecular formula is C17H19NO2. The summed E-state index contributed by atoms with van der Waals surface area (Å²) < 4.78 is 0. The Balaban J connectivity index is 2.46. The zero-order valence-electron chi connectivity index (χ0n) is 12.0. The predicted molar refractivity (Wildman–Crippen MR) is 81.9 cm³/mol. The van der Waals surface area contributed by atoms with Gasteiger partial charge in [-0.25, -0.2) is 4.79 Å². The van der Waals surface area contributed by atoms with Crippen LogP contribution in [0.4, 0.5) is 5.69 Å². The fraction of sp³-hybridized carbons (Fsp3) is 0.235. The predicted octanol–water partition coefficient (Wildman–Crippen LogP) is 3.93. The lowest BCUT2D eigenvalue weighted by atomic mass is 9.86. The van der Waals surface area contributed by atoms with Crippen LogP contribution in [0.15, 0.2) is 42.5 Å². The quantitative estimate of drug-likeness (QED) is 0.812. The molecule has 0 fully saturated rings. The third-order valence-electron chi connectivity index (χ3n) is 3.36. The van der Waals surface area contributed by atoms with Gasteiger partial charge in [0, 0.05) is 11.3 Å². The highest BCUT2D eigenvalue weighted by atomic mass is 16.4. The van der Waals surface area contributed by atoms with Crippen LogP contribution in [0, 0.1) is 0 Å². The second-order valence-corrected chi connectivity index (χ2v) is 5.93. The maximum Gasteiger partial charge on any atom is 0.335 e. The number of carbonyl (C=O) groups is 1. The highest BCUT2D eigenvalue weighted by Gasteiger charge is 2.14. The first kappa shape index (κ1) is 14.1. The summed E-state index contributed by atoms with van der Waals surface area (Å²) in [6.45, 7) is 6.46. The minimum atomic E-state index is -0.947. The Bertz CT molecular complexity index is 637. The van der Waals surface area contributed by atoms with E-state index in [2.05, 4.69) is 32.9 Å². The Morgan fingerprint density at radius 1 is 1.05 bits per heavy atom. The zero-order chi connectivity index (χ0) is 14.9. The van der Waals surface area contributed by atoms with Crippen molar-refractivity contribution in [3.05, 3.63) is 53.6 Å². The lowest BCUT2D eigenvalue weighted by molar-refractivity contribution is 0.0697. The fourth-order valence-corrected chi connectivity index (χ4v) is 2.09. The average molecular weight is 269 g/mol. The summed E-state index contributed by atoms with van der Waals surface area (Å²) in [7, 11) is 0. The lowest BCUT2D eigenvalue weighted by Gasteiger charge is -2.19. The van der Waals surface area contributed by atoms with Gasteiger partial charge in [0.05, 0.1) is 5.56 Å². The van der Waals surface area contributed by atoms with Crippen molar-refractivity contribution in [2.45, 2.75) is 26.2 Å². The summed E-state index contributed by atoms with van der Waals surface area (Å²) in [5, 5.41) is 9.06. The van der Waals surface area contributed by atoms with Crippen molar-refractivity contribution < 1.29 is 9.90 Å². The normalized spacial score (nSPS) is 11.3. The minimum absolute atomic E-state index is 0.0903. The van der Waals surface area contributed by atoms with E-state index in [1.165, 1.54) is 11.6 Å². The van der Waals surface area contributed by atoms with Gasteiger partial charge < -0.3 is 10.8 Å². The molecule has 0 aromatic heterocycles. The molecule has 2 aromatic rings. The number of rotatable bonds is 2. The Labute approximate surface area is 119 Å². The second kappa shape index (κ2) is 5.00. The third kappa shape index (κ3) is 2.82. The number of nitrogens with two attached hydrogens (primary N) is 1. The molecule has 0 saturated heterocycles. The van der Waals surface area contributed by atoms with Crippen LogP contribution in [0.25, 0.3) is 11.1 Å². The number of nitrogen functional groups attached to an aromatic ring is 1. The van der Waals surface area contributed by atoms with Crippen LogP contribution < -0.4 is 5.73 Å². The largest absolute Gasteiger partial charge is 0.478 e. The molecule has 104 valence electrons. The number of hydrogen-bond acceptors (Lipinski definition) is 2. The zero-order valence-corrected chi connectivity index (χ0v) is 12.0. The molecule has 20 heavy (non-hydrogen) atoms. The van der Waals surface area contributed by atoms with E-state index in [1.54, 1.807) is 12.1 Å². The van der Waals surface area contributed by atoms with Crippen LogP contribution in [0.2, 0.25) is 0 Å². The SMILES string of the molecule is CC(C)(C)c1ccc(-c2cc(C(=O)O)ccc2N)cc1. The first-order valence-corrected chi connectivity index (χ1v) is 6.53. The van der Waals surface area contributed by atoms with E-state index in [1.807, 2.05) is 12.1 Å². The van der Waals surface area contributed by atoms with Crippen molar-refractivity contribution >= 4 is 11.7 Å². The molecule has 0 bridgehead atoms. The van der Waals surface area contributed by atoms with E-state index >= 15 is 0 Å². The van der Waals surface area contributed by atoms with Crippen molar-refractivity contribution in [2.75, 3.05) is 5.73 Å². The molecule has 3 heteroatoms. The van der Waals surface area contributed by atoms with Crippen LogP contribution in [-0.4, -0.2) is 11.1 Å². The first-order chi connectivity index (χ1) is 9.29. The highest BCUT2D eigenvalue weighted by Crippen LogP contribution is 2.30. The van der Waals surface area contributed by atoms with Gasteiger partial charge in [0.2, 0.25) is 0 Å². The van der Waals surface area contributed by atoms with Crippen molar-refractivity contribution in [2.24, 2.45) is 0 Å². The van der Waals surface area contributed by atoms with Crippen LogP contribution in [0.3, 0.4) is 0 Å². The van der Waals surface area contributed by atoms with Crippen molar-refractivity contribution in [3.63, 3.8) is 0 Å². The summed E-state index contributed by atoms with van der Waals surface area (Å²) in [6.07, 6.45) is 0. The molecule has 0 aliphatic heterocycles. The van der Waals surface area contributed by atoms with Gasteiger partial charge in [0.15, 0.2) is 0 Å². The molecule has 0 spiro atoms. The summed E-state index contributed by atoms with van der Waals surface area (Å²) in [6, 6.07) is 12.9. The molecule has 0 aliphatic rings. The Morgan fingerprint density at radius 3 is 2.15 bits per heavy atom. The van der Waals surface area contributed by atoms with Crippen LogP contribution in [0.5, 0.6) is 0 Å². The summed E-state index contributed by atoms with van der Waals surface area (Å²) >= 11 is 0. The summed E-state index contributed by atoms with van der Waals surface area (Å²) in [5.74, 6) is -0.947. The van der Waals surface area contributed by atoms with Crippen molar-refractivity contribution in [1.29, 1.82) is 0 Å². The van der Waals surface area contributed by atoms with Crippen LogP contribution >= 0.6 is 0 Å². The molecule has 0 amide bonds. The first-order valence-electron chi connectivity index (χ1n) is 6.53. The van der Waals surface area contributed by atoms with Gasteiger partial charge >= 0.3 is 5.97 Å². The number of carboxylic acid groups (broad SMARTS) is 1. The van der Waals surface area contributed by atoms with E-state index in [-0.39, 0.29) is 11.0 Å². The minimum Gasteiger partial charge on any atom is -0.478 e. The maximum atomic E-state index is 11.0. The van der Waals surface area contributed by atoms with Gasteiger partial charge in [-0.3, -0.25) is 0 Å². The number of carboxylic acids is 1. The van der Waals surface area contributed by atoms with E-state index in [9.17, 15) is 4.79 Å². The topological polar surface area (TPSA) is 63.3 Å². The molecule has 3 nitrogen and oxygen atoms in total. The Kier molecular flexibility index (Phi) is 3.53. The lowest BCUT2D eigenvalue weighted by Crippen LogP contribution is -2.10. The molecule has 0 atom stereocenters. The van der Waals surface area contributed by atoms with Crippen molar-refractivity contribution in [3.8, 4) is 11.1 Å². The molecule has 2 rings (SSSR count). The molecule has 0 unspecified atom stereocenters. The fourth-order valence-electron chi connectivity index (χ4n) is 2.09. The maximum absolute atomic E-state index is 11.0. The molecular weight excluding hydrogens is 250 g/mol. The number of aromatic carboxylic acids is 1. The third-order valence-corrected chi connectivity index (χ3v) is 3.36. The summed E-state index contributed by atoms with van der Waals surface area (Å²) in [5.41, 5.74) is 9.78. The van der Waals surface area contributed by atoms with Gasteiger partial charge in [0.1, 0.15) is 0 Å². The number of hydrogen-bond donors (Lipinski definition) is 2. The van der Waals surface area contributed by atoms with E-state index < -0.39 is 5.97 Å². The smallest absolute Gasteiger partial charge is 0.335 e. The van der Waals surface area contributed by atoms with Gasteiger partial charge in [-0.05, 0) is 34.7 Å². The number of anilines is 1. The van der Waals surface area contributed by atoms with Gasteiger partial charge in [-0.15, -0.1) is 0 Å². The van der Waals surface area contributed by atoms with Gasteiger partial charge in [0.25, 0.3) is 0 Å². The molecule has 2 aromatic carbocycles. The molecule has 0 saturated carbocycles. The van der Waals surface area contributed by atoms with E-state index in [0.717, 1.165) is 11.1 Å². The number of benzene rings is 2. The van der Waals surface area contributed by atoms with Gasteiger partial charge in [-0.2, -0.15) is 0 Å². The van der Waals surface area contributed by atoms with E-state index in [4.69, 9.17) is 10.8 Å². The average Bonchev–Trinajstić information content (AvgIpc) is 2.38. The van der Waals surface area contributed by atoms with E-state index in [0.29, 0.717) is 5.69 Å². The molecule has 0 radical (unpaired) electrons. The second-order valence-electron chi connectivity index (χ2n) is 5.93. The molecule has 0 aliphatic carbocycles. The van der Waals surface area contributed by atoms with Crippen molar-refractivity contribution in [1.82, 2.24) is 0 Å². The van der Waals surface area contributed by atoms with Crippen LogP contribution in [-0.2, 0) is 5.41 Å². The molecule has 0 heterocycles. The standard InChI is InChI=1S/C17H19NO2/c1-17(2,3)13-7-4-11(5-8-13)14-10-12(16(19)20)6-9-15(14)18/h4-10H,18H2,1-3H3,(H,19,20). The van der Waals surface area contributed by atoms with Crippen LogP contribution in [0.1, 0.15) is 36.7 Å². The monoisotopic (exact) mass is 269 g/mol. The van der Waals surface area contributed by atoms with Gasteiger partial charge in [-0.1, -0.05) is 45.0 Å².